The highest BCUT2D eigenvalue weighted by molar-refractivity contribution is 7.16. The Morgan fingerprint density at radius 1 is 1.05 bits per heavy atom. The zero-order valence-electron chi connectivity index (χ0n) is 9.87. The lowest BCUT2D eigenvalue weighted by Gasteiger charge is -2.05. The second-order valence-corrected chi connectivity index (χ2v) is 4.71. The molecular formula is C14H11ClN2OS. The molecule has 0 aliphatic heterocycles. The monoisotopic (exact) mass is 290 g/mol. The Bertz CT molecular complexity index is 697. The lowest BCUT2D eigenvalue weighted by atomic mass is 10.2. The number of thiazole rings is 1. The minimum absolute atomic E-state index is 0. The van der Waals surface area contributed by atoms with E-state index in [1.807, 2.05) is 36.4 Å². The van der Waals surface area contributed by atoms with E-state index in [1.165, 1.54) is 0 Å². The van der Waals surface area contributed by atoms with Crippen LogP contribution in [0.3, 0.4) is 0 Å². The van der Waals surface area contributed by atoms with E-state index in [-0.39, 0.29) is 18.3 Å². The molecule has 1 N–H and O–H groups in total. The summed E-state index contributed by atoms with van der Waals surface area (Å²) in [5, 5.41) is 2.89. The van der Waals surface area contributed by atoms with Gasteiger partial charge in [-0.05, 0) is 24.3 Å². The number of rotatable bonds is 2. The van der Waals surface area contributed by atoms with Crippen LogP contribution in [0, 0.1) is 0 Å². The molecule has 0 saturated carbocycles. The Balaban J connectivity index is 0.00000133. The quantitative estimate of drug-likeness (QED) is 0.776. The summed E-state index contributed by atoms with van der Waals surface area (Å²) in [6.45, 7) is 0. The molecule has 1 amide bonds. The van der Waals surface area contributed by atoms with Crippen LogP contribution in [0.25, 0.3) is 10.2 Å². The van der Waals surface area contributed by atoms with Crippen LogP contribution in [0.5, 0.6) is 0 Å². The third kappa shape index (κ3) is 2.75. The van der Waals surface area contributed by atoms with Gasteiger partial charge in [0, 0.05) is 5.56 Å². The van der Waals surface area contributed by atoms with Gasteiger partial charge in [-0.25, -0.2) is 4.98 Å². The van der Waals surface area contributed by atoms with Crippen molar-refractivity contribution in [3.8, 4) is 0 Å². The van der Waals surface area contributed by atoms with Crippen LogP contribution in [0.15, 0.2) is 54.0 Å². The molecule has 0 aliphatic carbocycles. The molecule has 0 radical (unpaired) electrons. The predicted octanol–water partition coefficient (Wildman–Crippen LogP) is 3.97. The summed E-state index contributed by atoms with van der Waals surface area (Å²) in [6, 6.07) is 14.9. The zero-order chi connectivity index (χ0) is 12.4. The molecule has 0 atom stereocenters. The SMILES string of the molecule is Cl.O=C(Nc1cccc2scnc12)c1ccccc1. The summed E-state index contributed by atoms with van der Waals surface area (Å²) in [4.78, 5) is 16.3. The molecule has 3 aromatic rings. The molecule has 1 heterocycles. The summed E-state index contributed by atoms with van der Waals surface area (Å²) in [6.07, 6.45) is 0. The van der Waals surface area contributed by atoms with E-state index in [9.17, 15) is 4.79 Å². The van der Waals surface area contributed by atoms with Crippen molar-refractivity contribution in [2.45, 2.75) is 0 Å². The topological polar surface area (TPSA) is 42.0 Å². The van der Waals surface area contributed by atoms with Gasteiger partial charge in [-0.3, -0.25) is 4.79 Å². The first-order valence-electron chi connectivity index (χ1n) is 5.53. The van der Waals surface area contributed by atoms with Crippen LogP contribution in [-0.2, 0) is 0 Å². The van der Waals surface area contributed by atoms with Gasteiger partial charge in [0.25, 0.3) is 5.91 Å². The van der Waals surface area contributed by atoms with Crippen molar-refractivity contribution in [2.75, 3.05) is 5.32 Å². The van der Waals surface area contributed by atoms with Gasteiger partial charge in [-0.1, -0.05) is 24.3 Å². The summed E-state index contributed by atoms with van der Waals surface area (Å²) < 4.78 is 1.07. The molecule has 0 bridgehead atoms. The minimum atomic E-state index is -0.115. The standard InChI is InChI=1S/C14H10N2OS.ClH/c17-14(10-5-2-1-3-6-10)16-11-7-4-8-12-13(11)15-9-18-12;/h1-9H,(H,16,17);1H. The molecule has 19 heavy (non-hydrogen) atoms. The number of amides is 1. The molecular weight excluding hydrogens is 280 g/mol. The molecule has 1 aromatic heterocycles. The van der Waals surface area contributed by atoms with Gasteiger partial charge in [-0.2, -0.15) is 0 Å². The van der Waals surface area contributed by atoms with E-state index in [0.29, 0.717) is 5.56 Å². The van der Waals surface area contributed by atoms with E-state index in [1.54, 1.807) is 29.0 Å². The number of carbonyl (C=O) groups is 1. The maximum atomic E-state index is 12.0. The first-order chi connectivity index (χ1) is 8.84. The van der Waals surface area contributed by atoms with Crippen LogP contribution >= 0.6 is 23.7 Å². The number of hydrogen-bond acceptors (Lipinski definition) is 3. The highest BCUT2D eigenvalue weighted by Gasteiger charge is 2.08. The van der Waals surface area contributed by atoms with Gasteiger partial charge in [-0.15, -0.1) is 23.7 Å². The lowest BCUT2D eigenvalue weighted by molar-refractivity contribution is 0.102. The Morgan fingerprint density at radius 2 is 1.84 bits per heavy atom. The predicted molar refractivity (Wildman–Crippen MR) is 81.3 cm³/mol. The molecule has 2 aromatic carbocycles. The van der Waals surface area contributed by atoms with Crippen molar-refractivity contribution in [1.82, 2.24) is 4.98 Å². The van der Waals surface area contributed by atoms with Crippen LogP contribution in [0.1, 0.15) is 10.4 Å². The Morgan fingerprint density at radius 3 is 2.63 bits per heavy atom. The average molecular weight is 291 g/mol. The number of anilines is 1. The number of nitrogens with one attached hydrogen (secondary N) is 1. The largest absolute Gasteiger partial charge is 0.320 e. The third-order valence-electron chi connectivity index (χ3n) is 2.64. The van der Waals surface area contributed by atoms with Crippen LogP contribution in [0.2, 0.25) is 0 Å². The highest BCUT2D eigenvalue weighted by atomic mass is 35.5. The molecule has 3 rings (SSSR count). The smallest absolute Gasteiger partial charge is 0.255 e. The number of aromatic nitrogens is 1. The minimum Gasteiger partial charge on any atom is -0.320 e. The Kier molecular flexibility index (Phi) is 4.14. The molecule has 0 spiro atoms. The fourth-order valence-electron chi connectivity index (χ4n) is 1.77. The van der Waals surface area contributed by atoms with Gasteiger partial charge in [0.15, 0.2) is 0 Å². The summed E-state index contributed by atoms with van der Waals surface area (Å²) in [5.74, 6) is -0.115. The molecule has 0 saturated heterocycles. The average Bonchev–Trinajstić information content (AvgIpc) is 2.89. The molecule has 0 aliphatic rings. The molecule has 5 heteroatoms. The van der Waals surface area contributed by atoms with Gasteiger partial charge in [0.2, 0.25) is 0 Å². The van der Waals surface area contributed by atoms with E-state index in [4.69, 9.17) is 0 Å². The first kappa shape index (κ1) is 13.5. The molecule has 3 nitrogen and oxygen atoms in total. The fourth-order valence-corrected chi connectivity index (χ4v) is 2.47. The first-order valence-corrected chi connectivity index (χ1v) is 6.41. The normalized spacial score (nSPS) is 9.89. The second-order valence-electron chi connectivity index (χ2n) is 3.82. The van der Waals surface area contributed by atoms with E-state index >= 15 is 0 Å². The van der Waals surface area contributed by atoms with Gasteiger partial charge in [0.1, 0.15) is 5.52 Å². The number of benzene rings is 2. The summed E-state index contributed by atoms with van der Waals surface area (Å²) in [7, 11) is 0. The van der Waals surface area contributed by atoms with Gasteiger partial charge >= 0.3 is 0 Å². The van der Waals surface area contributed by atoms with Crippen molar-refractivity contribution in [3.05, 3.63) is 59.6 Å². The second kappa shape index (κ2) is 5.82. The Labute approximate surface area is 120 Å². The molecule has 0 fully saturated rings. The number of halogens is 1. The van der Waals surface area contributed by atoms with Gasteiger partial charge < -0.3 is 5.32 Å². The maximum absolute atomic E-state index is 12.0. The lowest BCUT2D eigenvalue weighted by Crippen LogP contribution is -2.11. The van der Waals surface area contributed by atoms with Crippen molar-refractivity contribution in [1.29, 1.82) is 0 Å². The van der Waals surface area contributed by atoms with E-state index in [2.05, 4.69) is 10.3 Å². The fraction of sp³-hybridized carbons (Fsp3) is 0. The summed E-state index contributed by atoms with van der Waals surface area (Å²) in [5.41, 5.74) is 4.02. The van der Waals surface area contributed by atoms with E-state index in [0.717, 1.165) is 15.9 Å². The van der Waals surface area contributed by atoms with Crippen molar-refractivity contribution in [3.63, 3.8) is 0 Å². The number of nitrogens with zero attached hydrogens (tertiary/aromatic N) is 1. The number of para-hydroxylation sites is 1. The van der Waals surface area contributed by atoms with Crippen LogP contribution < -0.4 is 5.32 Å². The van der Waals surface area contributed by atoms with E-state index < -0.39 is 0 Å². The number of fused-ring (bicyclic) bond motifs is 1. The summed E-state index contributed by atoms with van der Waals surface area (Å²) >= 11 is 1.56. The Hall–Kier alpha value is -1.91. The third-order valence-corrected chi connectivity index (χ3v) is 3.44. The molecule has 0 unspecified atom stereocenters. The van der Waals surface area contributed by atoms with Crippen LogP contribution in [0.4, 0.5) is 5.69 Å². The van der Waals surface area contributed by atoms with Gasteiger partial charge in [0.05, 0.1) is 15.9 Å². The highest BCUT2D eigenvalue weighted by Crippen LogP contribution is 2.25. The van der Waals surface area contributed by atoms with Crippen LogP contribution in [-0.4, -0.2) is 10.9 Å². The molecule has 96 valence electrons. The van der Waals surface area contributed by atoms with Crippen molar-refractivity contribution in [2.24, 2.45) is 0 Å². The number of hydrogen-bond donors (Lipinski definition) is 1. The van der Waals surface area contributed by atoms with Crippen molar-refractivity contribution >= 4 is 45.6 Å². The maximum Gasteiger partial charge on any atom is 0.255 e. The zero-order valence-corrected chi connectivity index (χ0v) is 11.5. The number of carbonyl (C=O) groups excluding carboxylic acids is 1. The van der Waals surface area contributed by atoms with Crippen molar-refractivity contribution < 1.29 is 4.79 Å².